The maximum absolute atomic E-state index is 13.6. The van der Waals surface area contributed by atoms with Crippen molar-refractivity contribution in [3.63, 3.8) is 0 Å². The van der Waals surface area contributed by atoms with Crippen molar-refractivity contribution in [1.82, 2.24) is 10.3 Å². The van der Waals surface area contributed by atoms with E-state index in [4.69, 9.17) is 10.6 Å². The predicted molar refractivity (Wildman–Crippen MR) is 68.5 cm³/mol. The summed E-state index contributed by atoms with van der Waals surface area (Å²) in [6, 6.07) is 6.70. The molecule has 1 fully saturated rings. The Labute approximate surface area is 107 Å². The number of hydrogen-bond acceptors (Lipinski definition) is 4. The standard InChI is InChI=1S/C13H20FN3O/c1-17-6-7-18-13(9-17)12(16-15)8-10-4-2-3-5-11(10)14/h2-5,12-13,16H,6-9,15H2,1H3. The lowest BCUT2D eigenvalue weighted by Crippen LogP contribution is -2.54. The molecule has 1 aliphatic rings. The number of rotatable bonds is 4. The Hall–Kier alpha value is -1.01. The van der Waals surface area contributed by atoms with Crippen LogP contribution in [-0.2, 0) is 11.2 Å². The Kier molecular flexibility index (Phi) is 4.66. The topological polar surface area (TPSA) is 50.5 Å². The van der Waals surface area contributed by atoms with E-state index < -0.39 is 0 Å². The second-order valence-corrected chi connectivity index (χ2v) is 4.74. The number of nitrogens with two attached hydrogens (primary N) is 1. The summed E-state index contributed by atoms with van der Waals surface area (Å²) in [7, 11) is 2.05. The molecule has 0 spiro atoms. The fraction of sp³-hybridized carbons (Fsp3) is 0.538. The zero-order chi connectivity index (χ0) is 13.0. The van der Waals surface area contributed by atoms with E-state index in [0.717, 1.165) is 13.1 Å². The van der Waals surface area contributed by atoms with E-state index in [2.05, 4.69) is 10.3 Å². The fourth-order valence-corrected chi connectivity index (χ4v) is 2.25. The normalized spacial score (nSPS) is 22.9. The average molecular weight is 253 g/mol. The monoisotopic (exact) mass is 253 g/mol. The molecule has 2 atom stereocenters. The number of hydrogen-bond donors (Lipinski definition) is 2. The highest BCUT2D eigenvalue weighted by molar-refractivity contribution is 5.18. The van der Waals surface area contributed by atoms with Crippen LogP contribution < -0.4 is 11.3 Å². The van der Waals surface area contributed by atoms with E-state index in [1.54, 1.807) is 12.1 Å². The van der Waals surface area contributed by atoms with Gasteiger partial charge in [-0.15, -0.1) is 0 Å². The van der Waals surface area contributed by atoms with Gasteiger partial charge < -0.3 is 9.64 Å². The van der Waals surface area contributed by atoms with Gasteiger partial charge in [0, 0.05) is 13.1 Å². The van der Waals surface area contributed by atoms with Gasteiger partial charge in [0.25, 0.3) is 0 Å². The van der Waals surface area contributed by atoms with E-state index in [-0.39, 0.29) is 18.0 Å². The first-order chi connectivity index (χ1) is 8.70. The summed E-state index contributed by atoms with van der Waals surface area (Å²) in [5.41, 5.74) is 3.41. The number of benzene rings is 1. The SMILES string of the molecule is CN1CCOC(C(Cc2ccccc2F)NN)C1. The number of hydrazine groups is 1. The number of halogens is 1. The van der Waals surface area contributed by atoms with Gasteiger partial charge in [0.2, 0.25) is 0 Å². The Morgan fingerprint density at radius 2 is 2.33 bits per heavy atom. The molecule has 0 radical (unpaired) electrons. The molecule has 1 heterocycles. The summed E-state index contributed by atoms with van der Waals surface area (Å²) in [6.07, 6.45) is 0.523. The van der Waals surface area contributed by atoms with E-state index in [1.165, 1.54) is 6.07 Å². The largest absolute Gasteiger partial charge is 0.374 e. The van der Waals surface area contributed by atoms with Crippen molar-refractivity contribution in [1.29, 1.82) is 0 Å². The number of likely N-dealkylation sites (N-methyl/N-ethyl adjacent to an activating group) is 1. The number of ether oxygens (including phenoxy) is 1. The van der Waals surface area contributed by atoms with Gasteiger partial charge in [-0.05, 0) is 25.1 Å². The lowest BCUT2D eigenvalue weighted by Gasteiger charge is -2.35. The fourth-order valence-electron chi connectivity index (χ4n) is 2.25. The Bertz CT molecular complexity index is 388. The third-order valence-corrected chi connectivity index (χ3v) is 3.36. The molecule has 1 aromatic rings. The highest BCUT2D eigenvalue weighted by Crippen LogP contribution is 2.14. The van der Waals surface area contributed by atoms with Crippen LogP contribution in [0.2, 0.25) is 0 Å². The molecule has 1 aliphatic heterocycles. The smallest absolute Gasteiger partial charge is 0.126 e. The third-order valence-electron chi connectivity index (χ3n) is 3.36. The van der Waals surface area contributed by atoms with Crippen LogP contribution in [-0.4, -0.2) is 43.8 Å². The summed E-state index contributed by atoms with van der Waals surface area (Å²) >= 11 is 0. The van der Waals surface area contributed by atoms with Crippen LogP contribution >= 0.6 is 0 Å². The maximum Gasteiger partial charge on any atom is 0.126 e. The molecular formula is C13H20FN3O. The maximum atomic E-state index is 13.6. The Balaban J connectivity index is 2.03. The van der Waals surface area contributed by atoms with Gasteiger partial charge in [-0.2, -0.15) is 0 Å². The summed E-state index contributed by atoms with van der Waals surface area (Å²) in [5, 5.41) is 0. The predicted octanol–water partition coefficient (Wildman–Crippen LogP) is 0.531. The van der Waals surface area contributed by atoms with E-state index in [1.807, 2.05) is 13.1 Å². The average Bonchev–Trinajstić information content (AvgIpc) is 2.38. The molecule has 18 heavy (non-hydrogen) atoms. The van der Waals surface area contributed by atoms with Crippen molar-refractivity contribution in [3.05, 3.63) is 35.6 Å². The summed E-state index contributed by atoms with van der Waals surface area (Å²) < 4.78 is 19.3. The molecule has 0 amide bonds. The van der Waals surface area contributed by atoms with E-state index in [0.29, 0.717) is 18.6 Å². The van der Waals surface area contributed by atoms with Gasteiger partial charge >= 0.3 is 0 Å². The highest BCUT2D eigenvalue weighted by Gasteiger charge is 2.26. The molecule has 1 aromatic carbocycles. The van der Waals surface area contributed by atoms with Gasteiger partial charge in [0.15, 0.2) is 0 Å². The number of nitrogens with one attached hydrogen (secondary N) is 1. The van der Waals surface area contributed by atoms with Crippen LogP contribution in [0, 0.1) is 5.82 Å². The zero-order valence-corrected chi connectivity index (χ0v) is 10.6. The highest BCUT2D eigenvalue weighted by atomic mass is 19.1. The van der Waals surface area contributed by atoms with Gasteiger partial charge in [-0.1, -0.05) is 18.2 Å². The molecule has 0 bridgehead atoms. The summed E-state index contributed by atoms with van der Waals surface area (Å²) in [6.45, 7) is 2.42. The van der Waals surface area contributed by atoms with Crippen LogP contribution in [0.1, 0.15) is 5.56 Å². The Morgan fingerprint density at radius 1 is 1.56 bits per heavy atom. The second-order valence-electron chi connectivity index (χ2n) is 4.74. The van der Waals surface area contributed by atoms with Crippen LogP contribution in [0.15, 0.2) is 24.3 Å². The van der Waals surface area contributed by atoms with Gasteiger partial charge in [-0.25, -0.2) is 4.39 Å². The molecule has 4 nitrogen and oxygen atoms in total. The van der Waals surface area contributed by atoms with Crippen molar-refractivity contribution in [2.24, 2.45) is 5.84 Å². The minimum absolute atomic E-state index is 0.00615. The quantitative estimate of drug-likeness (QED) is 0.607. The first kappa shape index (κ1) is 13.4. The van der Waals surface area contributed by atoms with Crippen LogP contribution in [0.4, 0.5) is 4.39 Å². The molecule has 5 heteroatoms. The molecular weight excluding hydrogens is 233 g/mol. The molecule has 0 aromatic heterocycles. The van der Waals surface area contributed by atoms with E-state index in [9.17, 15) is 4.39 Å². The van der Waals surface area contributed by atoms with Crippen molar-refractivity contribution >= 4 is 0 Å². The zero-order valence-electron chi connectivity index (χ0n) is 10.6. The second kappa shape index (κ2) is 6.24. The van der Waals surface area contributed by atoms with Crippen molar-refractivity contribution in [2.75, 3.05) is 26.7 Å². The Morgan fingerprint density at radius 3 is 3.00 bits per heavy atom. The molecule has 100 valence electrons. The van der Waals surface area contributed by atoms with Gasteiger partial charge in [0.1, 0.15) is 5.82 Å². The van der Waals surface area contributed by atoms with Crippen molar-refractivity contribution < 1.29 is 9.13 Å². The summed E-state index contributed by atoms with van der Waals surface area (Å²) in [4.78, 5) is 2.19. The first-order valence-corrected chi connectivity index (χ1v) is 6.20. The van der Waals surface area contributed by atoms with Crippen LogP contribution in [0.25, 0.3) is 0 Å². The minimum atomic E-state index is -0.193. The number of morpholine rings is 1. The van der Waals surface area contributed by atoms with Crippen LogP contribution in [0.3, 0.4) is 0 Å². The van der Waals surface area contributed by atoms with E-state index >= 15 is 0 Å². The molecule has 2 rings (SSSR count). The summed E-state index contributed by atoms with van der Waals surface area (Å²) in [5.74, 6) is 5.38. The van der Waals surface area contributed by atoms with Gasteiger partial charge in [0.05, 0.1) is 18.8 Å². The molecule has 0 saturated carbocycles. The third kappa shape index (κ3) is 3.26. The number of nitrogens with zero attached hydrogens (tertiary/aromatic N) is 1. The van der Waals surface area contributed by atoms with Crippen LogP contribution in [0.5, 0.6) is 0 Å². The van der Waals surface area contributed by atoms with Crippen molar-refractivity contribution in [3.8, 4) is 0 Å². The minimum Gasteiger partial charge on any atom is -0.374 e. The first-order valence-electron chi connectivity index (χ1n) is 6.20. The lowest BCUT2D eigenvalue weighted by molar-refractivity contribution is -0.0385. The van der Waals surface area contributed by atoms with Crippen molar-refractivity contribution in [2.45, 2.75) is 18.6 Å². The molecule has 3 N–H and O–H groups in total. The molecule has 2 unspecified atom stereocenters. The molecule has 1 saturated heterocycles. The molecule has 0 aliphatic carbocycles. The van der Waals surface area contributed by atoms with Gasteiger partial charge in [-0.3, -0.25) is 11.3 Å². The lowest BCUT2D eigenvalue weighted by atomic mass is 10.0.